The Kier molecular flexibility index (Phi) is 7.31. The van der Waals surface area contributed by atoms with Crippen molar-refractivity contribution in [1.29, 1.82) is 0 Å². The van der Waals surface area contributed by atoms with Gasteiger partial charge in [0.15, 0.2) is 0 Å². The Bertz CT molecular complexity index is 949. The highest BCUT2D eigenvalue weighted by molar-refractivity contribution is 5.92. The Labute approximate surface area is 185 Å². The molecule has 1 aromatic carbocycles. The van der Waals surface area contributed by atoms with Gasteiger partial charge in [0.25, 0.3) is 0 Å². The third-order valence-electron chi connectivity index (χ3n) is 5.94. The van der Waals surface area contributed by atoms with Crippen molar-refractivity contribution < 1.29 is 9.59 Å². The summed E-state index contributed by atoms with van der Waals surface area (Å²) in [4.78, 5) is 26.5. The monoisotopic (exact) mass is 422 g/mol. The molecule has 1 aliphatic heterocycles. The molecule has 6 nitrogen and oxygen atoms in total. The van der Waals surface area contributed by atoms with E-state index in [4.69, 9.17) is 0 Å². The number of aryl methyl sites for hydroxylation is 2. The number of hydrogen-bond donors (Lipinski definition) is 1. The number of piperidine rings is 1. The fourth-order valence-corrected chi connectivity index (χ4v) is 3.99. The standard InChI is InChI=1S/C25H34N4O2/c1-17(2)25(31)28-14-12-22(13-15-28)26-24(30)11-10-23-19(4)27-29(20(23)5)16-21-8-6-18(3)7-9-21/h6-11,17,22H,12-16H2,1-5H3,(H,26,30)/b11-10+. The highest BCUT2D eigenvalue weighted by atomic mass is 16.2. The van der Waals surface area contributed by atoms with Gasteiger partial charge in [0.1, 0.15) is 0 Å². The summed E-state index contributed by atoms with van der Waals surface area (Å²) >= 11 is 0. The second kappa shape index (κ2) is 9.94. The minimum absolute atomic E-state index is 0.0208. The zero-order valence-corrected chi connectivity index (χ0v) is 19.3. The van der Waals surface area contributed by atoms with Crippen LogP contribution in [0.15, 0.2) is 30.3 Å². The fourth-order valence-electron chi connectivity index (χ4n) is 3.99. The summed E-state index contributed by atoms with van der Waals surface area (Å²) in [6.45, 7) is 12.0. The molecule has 1 saturated heterocycles. The van der Waals surface area contributed by atoms with Crippen LogP contribution in [0.5, 0.6) is 0 Å². The number of benzene rings is 1. The van der Waals surface area contributed by atoms with Gasteiger partial charge >= 0.3 is 0 Å². The highest BCUT2D eigenvalue weighted by Crippen LogP contribution is 2.17. The molecule has 2 aromatic rings. The van der Waals surface area contributed by atoms with E-state index in [9.17, 15) is 9.59 Å². The van der Waals surface area contributed by atoms with E-state index >= 15 is 0 Å². The number of nitrogens with zero attached hydrogens (tertiary/aromatic N) is 3. The average molecular weight is 423 g/mol. The Morgan fingerprint density at radius 1 is 1.13 bits per heavy atom. The van der Waals surface area contributed by atoms with Crippen LogP contribution in [0.4, 0.5) is 0 Å². The maximum absolute atomic E-state index is 12.5. The molecule has 1 aliphatic rings. The predicted molar refractivity (Wildman–Crippen MR) is 124 cm³/mol. The van der Waals surface area contributed by atoms with E-state index in [1.54, 1.807) is 6.08 Å². The van der Waals surface area contributed by atoms with Crippen molar-refractivity contribution in [1.82, 2.24) is 20.0 Å². The molecule has 3 rings (SSSR count). The number of aromatic nitrogens is 2. The van der Waals surface area contributed by atoms with Crippen molar-refractivity contribution in [2.24, 2.45) is 5.92 Å². The van der Waals surface area contributed by atoms with Gasteiger partial charge in [0.05, 0.1) is 12.2 Å². The van der Waals surface area contributed by atoms with Gasteiger partial charge in [-0.2, -0.15) is 5.10 Å². The second-order valence-electron chi connectivity index (χ2n) is 8.82. The molecular weight excluding hydrogens is 388 g/mol. The van der Waals surface area contributed by atoms with Crippen LogP contribution in [-0.2, 0) is 16.1 Å². The van der Waals surface area contributed by atoms with Crippen molar-refractivity contribution in [2.75, 3.05) is 13.1 Å². The predicted octanol–water partition coefficient (Wildman–Crippen LogP) is 3.63. The molecule has 0 spiro atoms. The third-order valence-corrected chi connectivity index (χ3v) is 5.94. The largest absolute Gasteiger partial charge is 0.350 e. The number of carbonyl (C=O) groups excluding carboxylic acids is 2. The van der Waals surface area contributed by atoms with Gasteiger partial charge in [-0.05, 0) is 45.3 Å². The lowest BCUT2D eigenvalue weighted by Crippen LogP contribution is -2.47. The van der Waals surface area contributed by atoms with Crippen molar-refractivity contribution in [3.05, 3.63) is 58.4 Å². The molecule has 0 bridgehead atoms. The van der Waals surface area contributed by atoms with Crippen molar-refractivity contribution >= 4 is 17.9 Å². The quantitative estimate of drug-likeness (QED) is 0.723. The van der Waals surface area contributed by atoms with Crippen LogP contribution in [0.2, 0.25) is 0 Å². The molecule has 6 heteroatoms. The van der Waals surface area contributed by atoms with Gasteiger partial charge in [-0.1, -0.05) is 43.7 Å². The maximum atomic E-state index is 12.5. The van der Waals surface area contributed by atoms with E-state index in [0.717, 1.165) is 29.8 Å². The van der Waals surface area contributed by atoms with E-state index in [2.05, 4.69) is 41.6 Å². The first-order chi connectivity index (χ1) is 14.7. The van der Waals surface area contributed by atoms with Crippen molar-refractivity contribution in [3.63, 3.8) is 0 Å². The van der Waals surface area contributed by atoms with Crippen LogP contribution in [-0.4, -0.2) is 45.6 Å². The topological polar surface area (TPSA) is 67.2 Å². The normalized spacial score (nSPS) is 15.1. The molecule has 2 amide bonds. The SMILES string of the molecule is Cc1ccc(Cn2nc(C)c(/C=C/C(=O)NC3CCN(C(=O)C(C)C)CC3)c2C)cc1. The number of likely N-dealkylation sites (tertiary alicyclic amines) is 1. The van der Waals surface area contributed by atoms with E-state index in [1.807, 2.05) is 43.4 Å². The number of amides is 2. The molecular formula is C25H34N4O2. The fraction of sp³-hybridized carbons (Fsp3) is 0.480. The lowest BCUT2D eigenvalue weighted by Gasteiger charge is -2.33. The van der Waals surface area contributed by atoms with E-state index in [-0.39, 0.29) is 23.8 Å². The highest BCUT2D eigenvalue weighted by Gasteiger charge is 2.24. The van der Waals surface area contributed by atoms with E-state index in [0.29, 0.717) is 19.6 Å². The molecule has 0 aliphatic carbocycles. The maximum Gasteiger partial charge on any atom is 0.244 e. The summed E-state index contributed by atoms with van der Waals surface area (Å²) < 4.78 is 1.99. The first-order valence-electron chi connectivity index (χ1n) is 11.1. The molecule has 1 aromatic heterocycles. The summed E-state index contributed by atoms with van der Waals surface area (Å²) in [6.07, 6.45) is 5.05. The smallest absolute Gasteiger partial charge is 0.244 e. The summed E-state index contributed by atoms with van der Waals surface area (Å²) in [5.74, 6) is 0.115. The van der Waals surface area contributed by atoms with Crippen LogP contribution in [0.1, 0.15) is 54.8 Å². The van der Waals surface area contributed by atoms with Crippen LogP contribution >= 0.6 is 0 Å². The summed E-state index contributed by atoms with van der Waals surface area (Å²) in [5.41, 5.74) is 5.38. The zero-order valence-electron chi connectivity index (χ0n) is 19.3. The summed E-state index contributed by atoms with van der Waals surface area (Å²) in [5, 5.41) is 7.73. The number of hydrogen-bond acceptors (Lipinski definition) is 3. The molecule has 2 heterocycles. The van der Waals surface area contributed by atoms with Crippen LogP contribution < -0.4 is 5.32 Å². The minimum atomic E-state index is -0.0984. The lowest BCUT2D eigenvalue weighted by atomic mass is 10.0. The van der Waals surface area contributed by atoms with E-state index < -0.39 is 0 Å². The molecule has 0 atom stereocenters. The van der Waals surface area contributed by atoms with Gasteiger partial charge < -0.3 is 10.2 Å². The van der Waals surface area contributed by atoms with Crippen molar-refractivity contribution in [2.45, 2.75) is 60.0 Å². The third kappa shape index (κ3) is 5.84. The molecule has 1 N–H and O–H groups in total. The second-order valence-corrected chi connectivity index (χ2v) is 8.82. The van der Waals surface area contributed by atoms with Gasteiger partial charge in [-0.3, -0.25) is 14.3 Å². The Balaban J connectivity index is 1.57. The lowest BCUT2D eigenvalue weighted by molar-refractivity contribution is -0.135. The first kappa shape index (κ1) is 22.8. The van der Waals surface area contributed by atoms with E-state index in [1.165, 1.54) is 11.1 Å². The minimum Gasteiger partial charge on any atom is -0.350 e. The summed E-state index contributed by atoms with van der Waals surface area (Å²) in [7, 11) is 0. The van der Waals surface area contributed by atoms with Gasteiger partial charge in [-0.15, -0.1) is 0 Å². The molecule has 0 unspecified atom stereocenters. The molecule has 0 saturated carbocycles. The number of carbonyl (C=O) groups is 2. The number of nitrogens with one attached hydrogen (secondary N) is 1. The first-order valence-corrected chi connectivity index (χ1v) is 11.1. The van der Waals surface area contributed by atoms with Crippen LogP contribution in [0.25, 0.3) is 6.08 Å². The van der Waals surface area contributed by atoms with Crippen molar-refractivity contribution in [3.8, 4) is 0 Å². The summed E-state index contributed by atoms with van der Waals surface area (Å²) in [6, 6.07) is 8.56. The number of rotatable bonds is 6. The Morgan fingerprint density at radius 2 is 1.77 bits per heavy atom. The molecule has 1 fully saturated rings. The van der Waals surface area contributed by atoms with Gasteiger partial charge in [-0.25, -0.2) is 0 Å². The average Bonchev–Trinajstić information content (AvgIpc) is 3.00. The molecule has 31 heavy (non-hydrogen) atoms. The zero-order chi connectivity index (χ0) is 22.5. The Hall–Kier alpha value is -2.89. The molecule has 166 valence electrons. The van der Waals surface area contributed by atoms with Crippen LogP contribution in [0, 0.1) is 26.7 Å². The van der Waals surface area contributed by atoms with Gasteiger partial charge in [0, 0.05) is 42.4 Å². The van der Waals surface area contributed by atoms with Gasteiger partial charge in [0.2, 0.25) is 11.8 Å². The molecule has 0 radical (unpaired) electrons. The van der Waals surface area contributed by atoms with Crippen LogP contribution in [0.3, 0.4) is 0 Å². The Morgan fingerprint density at radius 3 is 2.39 bits per heavy atom.